The highest BCUT2D eigenvalue weighted by Crippen LogP contribution is 2.37. The molecule has 0 saturated carbocycles. The Labute approximate surface area is 210 Å². The highest BCUT2D eigenvalue weighted by atomic mass is 35.5. The number of H-pyrrole nitrogens is 1. The van der Waals surface area contributed by atoms with Gasteiger partial charge in [-0.25, -0.2) is 15.0 Å². The van der Waals surface area contributed by atoms with Gasteiger partial charge in [-0.1, -0.05) is 53.6 Å². The van der Waals surface area contributed by atoms with E-state index in [9.17, 15) is 0 Å². The van der Waals surface area contributed by atoms with Crippen molar-refractivity contribution in [2.75, 3.05) is 18.0 Å². The predicted molar refractivity (Wildman–Crippen MR) is 143 cm³/mol. The van der Waals surface area contributed by atoms with Crippen molar-refractivity contribution in [2.45, 2.75) is 39.0 Å². The molecule has 4 aromatic rings. The summed E-state index contributed by atoms with van der Waals surface area (Å²) in [4.78, 5) is 20.3. The second kappa shape index (κ2) is 8.97. The van der Waals surface area contributed by atoms with Gasteiger partial charge in [-0.05, 0) is 56.0 Å². The number of imidazole rings is 1. The Morgan fingerprint density at radius 3 is 2.37 bits per heavy atom. The van der Waals surface area contributed by atoms with Gasteiger partial charge < -0.3 is 9.88 Å². The topological polar surface area (TPSA) is 57.7 Å². The Kier molecular flexibility index (Phi) is 5.65. The second-order valence-electron chi connectivity index (χ2n) is 9.63. The number of hydrogen-bond acceptors (Lipinski definition) is 4. The summed E-state index contributed by atoms with van der Waals surface area (Å²) in [5.41, 5.74) is 9.39. The molecule has 1 saturated heterocycles. The third-order valence-electron chi connectivity index (χ3n) is 7.25. The van der Waals surface area contributed by atoms with E-state index in [0.29, 0.717) is 5.92 Å². The van der Waals surface area contributed by atoms with Crippen LogP contribution in [0.2, 0.25) is 5.02 Å². The molecule has 0 spiro atoms. The maximum Gasteiger partial charge on any atom is 0.139 e. The Balaban J connectivity index is 1.19. The number of nitrogens with zero attached hydrogens (tertiary/aromatic N) is 4. The molecule has 6 rings (SSSR count). The van der Waals surface area contributed by atoms with Crippen molar-refractivity contribution in [3.8, 4) is 11.3 Å². The average Bonchev–Trinajstić information content (AvgIpc) is 3.49. The number of aromatic nitrogens is 4. The molecule has 3 heterocycles. The molecule has 0 unspecified atom stereocenters. The van der Waals surface area contributed by atoms with E-state index < -0.39 is 0 Å². The van der Waals surface area contributed by atoms with Crippen LogP contribution >= 0.6 is 11.6 Å². The van der Waals surface area contributed by atoms with E-state index in [1.807, 2.05) is 24.3 Å². The largest absolute Gasteiger partial charge is 0.356 e. The smallest absolute Gasteiger partial charge is 0.139 e. The van der Waals surface area contributed by atoms with Crippen LogP contribution in [-0.2, 0) is 6.42 Å². The van der Waals surface area contributed by atoms with Crippen molar-refractivity contribution in [1.29, 1.82) is 0 Å². The number of hydrogen-bond donors (Lipinski definition) is 1. The highest BCUT2D eigenvalue weighted by molar-refractivity contribution is 6.30. The van der Waals surface area contributed by atoms with Gasteiger partial charge in [0.2, 0.25) is 0 Å². The van der Waals surface area contributed by atoms with E-state index in [2.05, 4.69) is 59.1 Å². The Bertz CT molecular complexity index is 1390. The number of rotatable bonds is 4. The van der Waals surface area contributed by atoms with Crippen LogP contribution in [0.25, 0.3) is 22.9 Å². The lowest BCUT2D eigenvalue weighted by Crippen LogP contribution is -2.34. The number of anilines is 1. The predicted octanol–water partition coefficient (Wildman–Crippen LogP) is 6.62. The van der Waals surface area contributed by atoms with Crippen molar-refractivity contribution in [3.05, 3.63) is 93.8 Å². The summed E-state index contributed by atoms with van der Waals surface area (Å²) < 4.78 is 0. The van der Waals surface area contributed by atoms with Crippen LogP contribution in [0.5, 0.6) is 0 Å². The van der Waals surface area contributed by atoms with Gasteiger partial charge in [0.1, 0.15) is 18.0 Å². The molecule has 176 valence electrons. The van der Waals surface area contributed by atoms with Crippen molar-refractivity contribution < 1.29 is 0 Å². The summed E-state index contributed by atoms with van der Waals surface area (Å²) in [5, 5.41) is 0.742. The van der Waals surface area contributed by atoms with Crippen LogP contribution < -0.4 is 4.90 Å². The maximum absolute atomic E-state index is 6.06. The van der Waals surface area contributed by atoms with Gasteiger partial charge in [0.25, 0.3) is 0 Å². The summed E-state index contributed by atoms with van der Waals surface area (Å²) in [6.45, 7) is 6.13. The van der Waals surface area contributed by atoms with Crippen LogP contribution in [0.15, 0.2) is 54.9 Å². The first kappa shape index (κ1) is 22.1. The van der Waals surface area contributed by atoms with E-state index in [0.717, 1.165) is 71.7 Å². The molecule has 6 heteroatoms. The van der Waals surface area contributed by atoms with Gasteiger partial charge in [0.05, 0.1) is 11.4 Å². The van der Waals surface area contributed by atoms with E-state index in [1.165, 1.54) is 22.3 Å². The SMILES string of the molecule is Cc1ccc(C2=Cc3c(ncnc3N3CCC(c4nc(-c5ccc(Cl)cc5)c(C)[nH]4)CC3)C2)cc1. The standard InChI is InChI=1S/C29H28ClN5/c1-18-3-5-20(6-4-18)23-15-25-26(16-23)31-17-32-29(25)35-13-11-22(12-14-35)28-33-19(2)27(34-28)21-7-9-24(30)10-8-21/h3-10,15,17,22H,11-14,16H2,1-2H3,(H,33,34). The van der Waals surface area contributed by atoms with Gasteiger partial charge in [0, 0.05) is 47.3 Å². The summed E-state index contributed by atoms with van der Waals surface area (Å²) >= 11 is 6.06. The summed E-state index contributed by atoms with van der Waals surface area (Å²) in [6, 6.07) is 16.7. The zero-order valence-electron chi connectivity index (χ0n) is 20.1. The maximum atomic E-state index is 6.06. The number of fused-ring (bicyclic) bond motifs is 1. The molecule has 1 aliphatic carbocycles. The number of nitrogens with one attached hydrogen (secondary N) is 1. The first-order valence-electron chi connectivity index (χ1n) is 12.2. The van der Waals surface area contributed by atoms with Crippen molar-refractivity contribution in [1.82, 2.24) is 19.9 Å². The van der Waals surface area contributed by atoms with Gasteiger partial charge in [-0.3, -0.25) is 0 Å². The van der Waals surface area contributed by atoms with E-state index in [4.69, 9.17) is 21.6 Å². The van der Waals surface area contributed by atoms with E-state index in [1.54, 1.807) is 6.33 Å². The number of aryl methyl sites for hydroxylation is 2. The number of benzene rings is 2. The summed E-state index contributed by atoms with van der Waals surface area (Å²) in [6.07, 6.45) is 6.96. The normalized spacial score (nSPS) is 15.9. The minimum absolute atomic E-state index is 0.416. The monoisotopic (exact) mass is 481 g/mol. The van der Waals surface area contributed by atoms with Crippen molar-refractivity contribution in [2.24, 2.45) is 0 Å². The lowest BCUT2D eigenvalue weighted by Gasteiger charge is -2.32. The molecule has 2 aliphatic rings. The molecular formula is C29H28ClN5. The Morgan fingerprint density at radius 1 is 0.914 bits per heavy atom. The molecule has 1 N–H and O–H groups in total. The molecular weight excluding hydrogens is 454 g/mol. The molecule has 35 heavy (non-hydrogen) atoms. The number of allylic oxidation sites excluding steroid dienone is 1. The number of aromatic amines is 1. The van der Waals surface area contributed by atoms with Crippen LogP contribution in [-0.4, -0.2) is 33.0 Å². The molecule has 1 aliphatic heterocycles. The van der Waals surface area contributed by atoms with Gasteiger partial charge in [0.15, 0.2) is 0 Å². The van der Waals surface area contributed by atoms with Gasteiger partial charge in [-0.2, -0.15) is 0 Å². The van der Waals surface area contributed by atoms with Gasteiger partial charge >= 0.3 is 0 Å². The fourth-order valence-corrected chi connectivity index (χ4v) is 5.38. The quantitative estimate of drug-likeness (QED) is 0.356. The third kappa shape index (κ3) is 4.25. The lowest BCUT2D eigenvalue weighted by atomic mass is 9.96. The minimum atomic E-state index is 0.416. The first-order valence-corrected chi connectivity index (χ1v) is 12.6. The van der Waals surface area contributed by atoms with E-state index in [-0.39, 0.29) is 0 Å². The zero-order chi connectivity index (χ0) is 23.9. The van der Waals surface area contributed by atoms with Gasteiger partial charge in [-0.15, -0.1) is 0 Å². The van der Waals surface area contributed by atoms with Crippen molar-refractivity contribution >= 4 is 29.1 Å². The van der Waals surface area contributed by atoms with Crippen LogP contribution in [0.4, 0.5) is 5.82 Å². The van der Waals surface area contributed by atoms with Crippen LogP contribution in [0.3, 0.4) is 0 Å². The highest BCUT2D eigenvalue weighted by Gasteiger charge is 2.28. The molecule has 0 radical (unpaired) electrons. The molecule has 2 aromatic heterocycles. The second-order valence-corrected chi connectivity index (χ2v) is 10.1. The third-order valence-corrected chi connectivity index (χ3v) is 7.50. The molecule has 0 bridgehead atoms. The minimum Gasteiger partial charge on any atom is -0.356 e. The van der Waals surface area contributed by atoms with Crippen LogP contribution in [0.1, 0.15) is 52.7 Å². The zero-order valence-corrected chi connectivity index (χ0v) is 20.8. The Morgan fingerprint density at radius 2 is 1.63 bits per heavy atom. The summed E-state index contributed by atoms with van der Waals surface area (Å²) in [5.74, 6) is 2.56. The number of halogens is 1. The molecule has 1 fully saturated rings. The molecule has 5 nitrogen and oxygen atoms in total. The molecule has 0 amide bonds. The fourth-order valence-electron chi connectivity index (χ4n) is 5.25. The number of piperidine rings is 1. The first-order chi connectivity index (χ1) is 17.0. The van der Waals surface area contributed by atoms with E-state index >= 15 is 0 Å². The molecule has 0 atom stereocenters. The fraction of sp³-hybridized carbons (Fsp3) is 0.276. The summed E-state index contributed by atoms with van der Waals surface area (Å²) in [7, 11) is 0. The lowest BCUT2D eigenvalue weighted by molar-refractivity contribution is 0.486. The van der Waals surface area contributed by atoms with Crippen molar-refractivity contribution in [3.63, 3.8) is 0 Å². The van der Waals surface area contributed by atoms with Crippen LogP contribution in [0, 0.1) is 13.8 Å². The Hall–Kier alpha value is -3.44. The average molecular weight is 482 g/mol. The molecule has 2 aromatic carbocycles.